The van der Waals surface area contributed by atoms with Gasteiger partial charge < -0.3 is 33.3 Å². The molecule has 2 heterocycles. The van der Waals surface area contributed by atoms with E-state index in [1.54, 1.807) is 60.6 Å². The van der Waals surface area contributed by atoms with Crippen LogP contribution >= 0.6 is 0 Å². The van der Waals surface area contributed by atoms with E-state index in [4.69, 9.17) is 28.4 Å². The van der Waals surface area contributed by atoms with E-state index in [1.807, 2.05) is 0 Å². The second-order valence-corrected chi connectivity index (χ2v) is 14.8. The average Bonchev–Trinajstić information content (AvgIpc) is 3.11. The van der Waals surface area contributed by atoms with Crippen LogP contribution in [0.25, 0.3) is 22.3 Å². The molecule has 282 valence electrons. The monoisotopic (exact) mass is 763 g/mol. The largest absolute Gasteiger partial charge is 0.493 e. The molecule has 0 saturated heterocycles. The summed E-state index contributed by atoms with van der Waals surface area (Å²) in [5.74, 6) is 1.19. The molecule has 4 aromatic rings. The molecule has 52 heavy (non-hydrogen) atoms. The van der Waals surface area contributed by atoms with Crippen molar-refractivity contribution in [2.24, 2.45) is 0 Å². The summed E-state index contributed by atoms with van der Waals surface area (Å²) in [7, 11) is 2.61. The van der Waals surface area contributed by atoms with Gasteiger partial charge in [0, 0.05) is 36.6 Å². The van der Waals surface area contributed by atoms with E-state index in [0.29, 0.717) is 57.0 Å². The number of rotatable bonds is 17. The number of nitrogens with zero attached hydrogens (tertiary/aromatic N) is 4. The zero-order chi connectivity index (χ0) is 38.4. The molecule has 0 spiro atoms. The van der Waals surface area contributed by atoms with Gasteiger partial charge >= 0.3 is 10.1 Å². The highest BCUT2D eigenvalue weighted by Gasteiger charge is 2.43. The number of ether oxygens (including phenoxy) is 6. The second-order valence-electron chi connectivity index (χ2n) is 11.9. The van der Waals surface area contributed by atoms with Crippen LogP contribution in [0.15, 0.2) is 60.9 Å². The fraction of sp³-hybridized carbons (Fsp3) is 0.353. The molecule has 0 amide bonds. The third-order valence-electron chi connectivity index (χ3n) is 8.53. The number of anilines is 1. The summed E-state index contributed by atoms with van der Waals surface area (Å²) in [5.41, 5.74) is 2.64. The van der Waals surface area contributed by atoms with Crippen molar-refractivity contribution >= 4 is 31.9 Å². The lowest BCUT2D eigenvalue weighted by molar-refractivity contribution is 0.277. The molecule has 0 radical (unpaired) electrons. The Hall–Kier alpha value is -4.88. The number of quaternary nitrogens is 1. The standard InChI is InChI=1S/C34H42N4O12S2/c1-37(31-11-9-22(17-35-31)24-13-27(45-3)33(49-7)28(14-24)46-4)19-26(20-51(39,40)41)38(2,21-52(42,43)44)32-12-10-23(18-36-32)25-15-29(47-5)34(50-8)30(16-25)48-6/h9-18,26H,19-21H2,1-8H3,(H-,39,40,41,42,43,44)/p+1. The predicted molar refractivity (Wildman–Crippen MR) is 196 cm³/mol. The van der Waals surface area contributed by atoms with Crippen molar-refractivity contribution in [3.63, 3.8) is 0 Å². The van der Waals surface area contributed by atoms with E-state index in [1.165, 1.54) is 62.0 Å². The van der Waals surface area contributed by atoms with Crippen LogP contribution in [0.4, 0.5) is 11.6 Å². The maximum absolute atomic E-state index is 12.4. The smallest absolute Gasteiger partial charge is 0.316 e. The molecule has 2 N–H and O–H groups in total. The van der Waals surface area contributed by atoms with Gasteiger partial charge in [-0.25, -0.2) is 9.97 Å². The SMILES string of the molecule is COc1cc(-c2ccc(N(C)CC(CS(=O)(=O)O)[N+](C)(CS(=O)(=O)O)c3ccc(-c4cc(OC)c(OC)c(OC)c4)cn3)nc2)cc(OC)c1OC. The molecule has 0 aliphatic carbocycles. The van der Waals surface area contributed by atoms with Crippen molar-refractivity contribution in [1.29, 1.82) is 0 Å². The Bertz CT molecular complexity index is 2030. The molecule has 2 atom stereocenters. The topological polar surface area (TPSA) is 193 Å². The van der Waals surface area contributed by atoms with Gasteiger partial charge in [0.2, 0.25) is 23.2 Å². The van der Waals surface area contributed by atoms with Gasteiger partial charge in [-0.1, -0.05) is 0 Å². The quantitative estimate of drug-likeness (QED) is 0.116. The van der Waals surface area contributed by atoms with E-state index in [-0.39, 0.29) is 12.4 Å². The molecule has 0 saturated carbocycles. The molecule has 16 nitrogen and oxygen atoms in total. The van der Waals surface area contributed by atoms with Gasteiger partial charge in [-0.3, -0.25) is 13.6 Å². The number of aromatic nitrogens is 2. The van der Waals surface area contributed by atoms with Crippen LogP contribution in [-0.4, -0.2) is 117 Å². The van der Waals surface area contributed by atoms with Gasteiger partial charge in [0.1, 0.15) is 17.6 Å². The Morgan fingerprint density at radius 3 is 1.42 bits per heavy atom. The Balaban J connectivity index is 1.72. The summed E-state index contributed by atoms with van der Waals surface area (Å²) >= 11 is 0. The Kier molecular flexibility index (Phi) is 12.4. The van der Waals surface area contributed by atoms with Crippen LogP contribution in [0.5, 0.6) is 34.5 Å². The number of benzene rings is 2. The highest BCUT2D eigenvalue weighted by Crippen LogP contribution is 2.42. The molecule has 0 aliphatic heterocycles. The van der Waals surface area contributed by atoms with E-state index >= 15 is 0 Å². The van der Waals surface area contributed by atoms with Crippen molar-refractivity contribution in [2.75, 3.05) is 79.8 Å². The summed E-state index contributed by atoms with van der Waals surface area (Å²) < 4.78 is 102. The van der Waals surface area contributed by atoms with Crippen LogP contribution in [0.1, 0.15) is 0 Å². The first-order valence-corrected chi connectivity index (χ1v) is 18.7. The normalized spacial score (nSPS) is 13.4. The lowest BCUT2D eigenvalue weighted by Gasteiger charge is -2.40. The lowest BCUT2D eigenvalue weighted by atomic mass is 10.1. The number of likely N-dealkylation sites (N-methyl/N-ethyl adjacent to an activating group) is 2. The Labute approximate surface area is 303 Å². The summed E-state index contributed by atoms with van der Waals surface area (Å²) in [6.45, 7) is -0.140. The van der Waals surface area contributed by atoms with E-state index < -0.39 is 42.4 Å². The van der Waals surface area contributed by atoms with Gasteiger partial charge in [-0.15, -0.1) is 0 Å². The lowest BCUT2D eigenvalue weighted by Crippen LogP contribution is -2.62. The summed E-state index contributed by atoms with van der Waals surface area (Å²) in [6, 6.07) is 12.4. The van der Waals surface area contributed by atoms with Crippen LogP contribution in [0.2, 0.25) is 0 Å². The molecule has 2 aromatic carbocycles. The van der Waals surface area contributed by atoms with Crippen molar-refractivity contribution in [3.05, 3.63) is 60.9 Å². The number of hydrogen-bond acceptors (Lipinski definition) is 13. The molecule has 4 rings (SSSR count). The van der Waals surface area contributed by atoms with Gasteiger partial charge in [0.15, 0.2) is 23.0 Å². The second kappa shape index (κ2) is 16.2. The van der Waals surface area contributed by atoms with Crippen molar-refractivity contribution in [3.8, 4) is 56.8 Å². The first kappa shape index (κ1) is 39.9. The maximum atomic E-state index is 12.4. The molecule has 2 unspecified atom stereocenters. The fourth-order valence-corrected chi connectivity index (χ4v) is 7.83. The third-order valence-corrected chi connectivity index (χ3v) is 10.2. The van der Waals surface area contributed by atoms with Crippen LogP contribution < -0.4 is 37.8 Å². The minimum absolute atomic E-state index is 0.0987. The van der Waals surface area contributed by atoms with E-state index in [2.05, 4.69) is 9.97 Å². The van der Waals surface area contributed by atoms with Crippen LogP contribution in [0, 0.1) is 0 Å². The van der Waals surface area contributed by atoms with Gasteiger partial charge in [0.25, 0.3) is 10.1 Å². The highest BCUT2D eigenvalue weighted by molar-refractivity contribution is 7.86. The summed E-state index contributed by atoms with van der Waals surface area (Å²) in [6.07, 6.45) is 3.06. The fourth-order valence-electron chi connectivity index (χ4n) is 5.88. The first-order valence-electron chi connectivity index (χ1n) is 15.5. The van der Waals surface area contributed by atoms with Crippen LogP contribution in [0.3, 0.4) is 0 Å². The van der Waals surface area contributed by atoms with Gasteiger partial charge in [0.05, 0.1) is 56.3 Å². The van der Waals surface area contributed by atoms with Gasteiger partial charge in [-0.2, -0.15) is 16.8 Å². The molecule has 2 aromatic heterocycles. The molecule has 0 aliphatic rings. The van der Waals surface area contributed by atoms with Crippen molar-refractivity contribution in [1.82, 2.24) is 14.5 Å². The zero-order valence-corrected chi connectivity index (χ0v) is 31.7. The number of hydrogen-bond donors (Lipinski definition) is 2. The molecule has 0 bridgehead atoms. The van der Waals surface area contributed by atoms with E-state index in [0.717, 1.165) is 5.56 Å². The van der Waals surface area contributed by atoms with Crippen molar-refractivity contribution in [2.45, 2.75) is 6.04 Å². The third kappa shape index (κ3) is 9.12. The number of methoxy groups -OCH3 is 6. The summed E-state index contributed by atoms with van der Waals surface area (Å²) in [4.78, 5) is 10.7. The molecular formula is C34H43N4O12S2+. The molecule has 18 heteroatoms. The Morgan fingerprint density at radius 1 is 0.654 bits per heavy atom. The number of pyridine rings is 2. The van der Waals surface area contributed by atoms with Crippen LogP contribution in [-0.2, 0) is 20.2 Å². The average molecular weight is 764 g/mol. The first-order chi connectivity index (χ1) is 24.5. The minimum Gasteiger partial charge on any atom is -0.493 e. The van der Waals surface area contributed by atoms with Gasteiger partial charge in [-0.05, 0) is 53.6 Å². The predicted octanol–water partition coefficient (Wildman–Crippen LogP) is 4.04. The molecule has 0 fully saturated rings. The zero-order valence-electron chi connectivity index (χ0n) is 30.1. The summed E-state index contributed by atoms with van der Waals surface area (Å²) in [5, 5.41) is 0. The molecular weight excluding hydrogens is 721 g/mol. The highest BCUT2D eigenvalue weighted by atomic mass is 32.2. The maximum Gasteiger partial charge on any atom is 0.316 e. The Morgan fingerprint density at radius 2 is 1.10 bits per heavy atom. The van der Waals surface area contributed by atoms with Crippen molar-refractivity contribution < 1.29 is 54.4 Å². The minimum atomic E-state index is -4.73. The van der Waals surface area contributed by atoms with E-state index in [9.17, 15) is 25.9 Å².